The predicted molar refractivity (Wildman–Crippen MR) is 65.2 cm³/mol. The second-order valence-corrected chi connectivity index (χ2v) is 8.34. The van der Waals surface area contributed by atoms with Crippen molar-refractivity contribution in [1.82, 2.24) is 0 Å². The van der Waals surface area contributed by atoms with Crippen molar-refractivity contribution in [2.75, 3.05) is 0 Å². The number of hydrogen-bond acceptors (Lipinski definition) is 0. The summed E-state index contributed by atoms with van der Waals surface area (Å²) in [5, 5.41) is 0. The van der Waals surface area contributed by atoms with E-state index in [1.54, 1.807) is 19.3 Å². The molecule has 0 saturated heterocycles. The van der Waals surface area contributed by atoms with E-state index in [4.69, 9.17) is 11.6 Å². The van der Waals surface area contributed by atoms with E-state index < -0.39 is 0 Å². The van der Waals surface area contributed by atoms with E-state index in [-0.39, 0.29) is 4.87 Å². The smallest absolute Gasteiger partial charge is 0.0396 e. The Kier molecular flexibility index (Phi) is 2.20. The topological polar surface area (TPSA) is 0 Å². The highest BCUT2D eigenvalue weighted by atomic mass is 35.5. The normalized spacial score (nSPS) is 48.6. The van der Waals surface area contributed by atoms with Gasteiger partial charge in [-0.1, -0.05) is 0 Å². The average molecular weight is 227 g/mol. The third-order valence-electron chi connectivity index (χ3n) is 4.96. The molecular formula is C14H23Cl. The lowest BCUT2D eigenvalue weighted by molar-refractivity contribution is -0.0612. The van der Waals surface area contributed by atoms with Crippen molar-refractivity contribution in [2.24, 2.45) is 23.2 Å². The summed E-state index contributed by atoms with van der Waals surface area (Å²) in [5.74, 6) is 3.20. The van der Waals surface area contributed by atoms with Crippen molar-refractivity contribution < 1.29 is 0 Å². The Balaban J connectivity index is 1.81. The van der Waals surface area contributed by atoms with Crippen LogP contribution in [0.2, 0.25) is 0 Å². The third kappa shape index (κ3) is 1.95. The molecule has 0 heterocycles. The minimum absolute atomic E-state index is 0.0195. The van der Waals surface area contributed by atoms with Crippen LogP contribution < -0.4 is 0 Å². The number of halogens is 1. The molecule has 15 heavy (non-hydrogen) atoms. The molecule has 4 rings (SSSR count). The van der Waals surface area contributed by atoms with Crippen LogP contribution in [0.5, 0.6) is 0 Å². The molecule has 86 valence electrons. The maximum atomic E-state index is 6.47. The van der Waals surface area contributed by atoms with Gasteiger partial charge in [0.25, 0.3) is 0 Å². The standard InChI is InChI=1S/C14H23Cl/c1-13(2,15)9-14-6-10-3-11(7-14)5-12(4-10)8-14/h10-12H,3-9H2,1-2H3. The molecule has 0 atom stereocenters. The fraction of sp³-hybridized carbons (Fsp3) is 1.00. The molecule has 0 unspecified atom stereocenters. The average Bonchev–Trinajstić information content (AvgIpc) is 1.94. The molecular weight excluding hydrogens is 204 g/mol. The molecule has 0 N–H and O–H groups in total. The molecule has 0 aliphatic heterocycles. The molecule has 0 aromatic carbocycles. The molecule has 4 aliphatic carbocycles. The van der Waals surface area contributed by atoms with Gasteiger partial charge < -0.3 is 0 Å². The molecule has 0 radical (unpaired) electrons. The summed E-state index contributed by atoms with van der Waals surface area (Å²) >= 11 is 6.47. The lowest BCUT2D eigenvalue weighted by Crippen LogP contribution is -2.47. The lowest BCUT2D eigenvalue weighted by atomic mass is 9.48. The first-order chi connectivity index (χ1) is 6.94. The van der Waals surface area contributed by atoms with Crippen LogP contribution >= 0.6 is 11.6 Å². The minimum Gasteiger partial charge on any atom is -0.120 e. The highest BCUT2D eigenvalue weighted by Gasteiger charge is 2.51. The van der Waals surface area contributed by atoms with Gasteiger partial charge in [-0.15, -0.1) is 11.6 Å². The van der Waals surface area contributed by atoms with E-state index in [0.717, 1.165) is 17.8 Å². The summed E-state index contributed by atoms with van der Waals surface area (Å²) in [7, 11) is 0. The summed E-state index contributed by atoms with van der Waals surface area (Å²) in [6.07, 6.45) is 10.4. The van der Waals surface area contributed by atoms with E-state index >= 15 is 0 Å². The van der Waals surface area contributed by atoms with E-state index in [2.05, 4.69) is 13.8 Å². The SMILES string of the molecule is CC(C)(Cl)CC12CC3CC(CC(C3)C1)C2. The molecule has 4 bridgehead atoms. The Morgan fingerprint density at radius 2 is 1.40 bits per heavy atom. The van der Waals surface area contributed by atoms with Crippen molar-refractivity contribution in [1.29, 1.82) is 0 Å². The van der Waals surface area contributed by atoms with Crippen LogP contribution in [0, 0.1) is 23.2 Å². The maximum Gasteiger partial charge on any atom is 0.0396 e. The first-order valence-corrected chi connectivity index (χ1v) is 7.01. The van der Waals surface area contributed by atoms with Crippen molar-refractivity contribution >= 4 is 11.6 Å². The van der Waals surface area contributed by atoms with Gasteiger partial charge in [0.2, 0.25) is 0 Å². The zero-order valence-corrected chi connectivity index (χ0v) is 10.8. The highest BCUT2D eigenvalue weighted by molar-refractivity contribution is 6.23. The van der Waals surface area contributed by atoms with Crippen LogP contribution in [0.15, 0.2) is 0 Å². The van der Waals surface area contributed by atoms with Gasteiger partial charge in [-0.2, -0.15) is 0 Å². The van der Waals surface area contributed by atoms with Crippen LogP contribution in [-0.2, 0) is 0 Å². The molecule has 0 aromatic heterocycles. The molecule has 0 nitrogen and oxygen atoms in total. The van der Waals surface area contributed by atoms with Gasteiger partial charge in [0.1, 0.15) is 0 Å². The Labute approximate surface area is 98.8 Å². The Morgan fingerprint density at radius 1 is 1.00 bits per heavy atom. The minimum atomic E-state index is 0.0195. The molecule has 0 aromatic rings. The summed E-state index contributed by atoms with van der Waals surface area (Å²) in [6, 6.07) is 0. The molecule has 0 amide bonds. The van der Waals surface area contributed by atoms with Crippen LogP contribution in [0.3, 0.4) is 0 Å². The second-order valence-electron chi connectivity index (χ2n) is 7.31. The zero-order chi connectivity index (χ0) is 10.7. The molecule has 4 saturated carbocycles. The van der Waals surface area contributed by atoms with Crippen molar-refractivity contribution in [3.8, 4) is 0 Å². The molecule has 1 heteroatoms. The van der Waals surface area contributed by atoms with Gasteiger partial charge in [0.15, 0.2) is 0 Å². The number of hydrogen-bond donors (Lipinski definition) is 0. The molecule has 0 spiro atoms. The Hall–Kier alpha value is 0.290. The maximum absolute atomic E-state index is 6.47. The van der Waals surface area contributed by atoms with E-state index in [1.165, 1.54) is 25.7 Å². The zero-order valence-electron chi connectivity index (χ0n) is 10.1. The largest absolute Gasteiger partial charge is 0.120 e. The first kappa shape index (κ1) is 10.4. The van der Waals surface area contributed by atoms with Crippen LogP contribution in [0.25, 0.3) is 0 Å². The van der Waals surface area contributed by atoms with Crippen LogP contribution in [-0.4, -0.2) is 4.87 Å². The summed E-state index contributed by atoms with van der Waals surface area (Å²) in [4.78, 5) is 0.0195. The third-order valence-corrected chi connectivity index (χ3v) is 5.09. The second kappa shape index (κ2) is 3.15. The molecule has 4 fully saturated rings. The van der Waals surface area contributed by atoms with Crippen molar-refractivity contribution in [2.45, 2.75) is 63.7 Å². The number of alkyl halides is 1. The van der Waals surface area contributed by atoms with Crippen LogP contribution in [0.4, 0.5) is 0 Å². The van der Waals surface area contributed by atoms with Crippen molar-refractivity contribution in [3.05, 3.63) is 0 Å². The Bertz CT molecular complexity index is 226. The van der Waals surface area contributed by atoms with Gasteiger partial charge in [0, 0.05) is 4.87 Å². The van der Waals surface area contributed by atoms with Crippen LogP contribution in [0.1, 0.15) is 58.8 Å². The van der Waals surface area contributed by atoms with Gasteiger partial charge in [0.05, 0.1) is 0 Å². The van der Waals surface area contributed by atoms with Gasteiger partial charge in [-0.25, -0.2) is 0 Å². The van der Waals surface area contributed by atoms with Gasteiger partial charge in [-0.3, -0.25) is 0 Å². The Morgan fingerprint density at radius 3 is 1.73 bits per heavy atom. The fourth-order valence-electron chi connectivity index (χ4n) is 5.40. The fourth-order valence-corrected chi connectivity index (χ4v) is 5.68. The monoisotopic (exact) mass is 226 g/mol. The van der Waals surface area contributed by atoms with E-state index in [9.17, 15) is 0 Å². The van der Waals surface area contributed by atoms with Crippen molar-refractivity contribution in [3.63, 3.8) is 0 Å². The summed E-state index contributed by atoms with van der Waals surface area (Å²) < 4.78 is 0. The van der Waals surface area contributed by atoms with E-state index in [1.807, 2.05) is 0 Å². The summed E-state index contributed by atoms with van der Waals surface area (Å²) in [5.41, 5.74) is 0.653. The molecule has 4 aliphatic rings. The summed E-state index contributed by atoms with van der Waals surface area (Å²) in [6.45, 7) is 4.40. The van der Waals surface area contributed by atoms with Gasteiger partial charge in [-0.05, 0) is 82.0 Å². The number of rotatable bonds is 2. The van der Waals surface area contributed by atoms with E-state index in [0.29, 0.717) is 5.41 Å². The first-order valence-electron chi connectivity index (χ1n) is 6.63. The quantitative estimate of drug-likeness (QED) is 0.604. The lowest BCUT2D eigenvalue weighted by Gasteiger charge is -2.58. The highest BCUT2D eigenvalue weighted by Crippen LogP contribution is 2.62. The predicted octanol–water partition coefficient (Wildman–Crippen LogP) is 4.61. The van der Waals surface area contributed by atoms with Gasteiger partial charge >= 0.3 is 0 Å².